The largest absolute Gasteiger partial charge is 0.475 e. The van der Waals surface area contributed by atoms with E-state index in [0.29, 0.717) is 5.58 Å². The number of carbonyl (C=O) groups is 1. The molecule has 3 N–H and O–H groups in total. The van der Waals surface area contributed by atoms with E-state index in [4.69, 9.17) is 4.42 Å². The lowest BCUT2D eigenvalue weighted by Gasteiger charge is -2.26. The van der Waals surface area contributed by atoms with Crippen molar-refractivity contribution in [3.05, 3.63) is 72.0 Å². The van der Waals surface area contributed by atoms with Crippen molar-refractivity contribution in [2.24, 2.45) is 0 Å². The molecule has 0 saturated carbocycles. The molecule has 0 radical (unpaired) electrons. The molecule has 0 aliphatic carbocycles. The number of furan rings is 1. The molecular formula is C19H20BNO4S. The summed E-state index contributed by atoms with van der Waals surface area (Å²) in [6.07, 6.45) is 1.79. The highest BCUT2D eigenvalue weighted by Gasteiger charge is 2.35. The van der Waals surface area contributed by atoms with Gasteiger partial charge in [0.2, 0.25) is 5.91 Å². The first-order chi connectivity index (χ1) is 12.4. The van der Waals surface area contributed by atoms with E-state index in [-0.39, 0.29) is 6.42 Å². The molecule has 0 aliphatic rings. The van der Waals surface area contributed by atoms with E-state index in [1.165, 1.54) is 0 Å². The third-order valence-corrected chi connectivity index (χ3v) is 4.92. The zero-order valence-corrected chi connectivity index (χ0v) is 15.2. The van der Waals surface area contributed by atoms with Crippen LogP contribution in [0.25, 0.3) is 11.0 Å². The summed E-state index contributed by atoms with van der Waals surface area (Å²) in [6, 6.07) is 16.6. The summed E-state index contributed by atoms with van der Waals surface area (Å²) < 4.78 is 4.38. The Bertz CT molecular complexity index is 895. The van der Waals surface area contributed by atoms with Gasteiger partial charge in [-0.25, -0.2) is 0 Å². The minimum Gasteiger partial charge on any atom is -0.464 e. The van der Waals surface area contributed by atoms with Gasteiger partial charge in [-0.2, -0.15) is 12.6 Å². The maximum Gasteiger partial charge on any atom is 0.475 e. The number of fused-ring (bicyclic) bond motifs is 1. The highest BCUT2D eigenvalue weighted by atomic mass is 32.1. The number of hydrogen-bond acceptors (Lipinski definition) is 5. The summed E-state index contributed by atoms with van der Waals surface area (Å²) in [5.74, 6) is -1.29. The molecule has 0 saturated heterocycles. The summed E-state index contributed by atoms with van der Waals surface area (Å²) >= 11 is 4.49. The van der Waals surface area contributed by atoms with Gasteiger partial charge in [0, 0.05) is 5.39 Å². The van der Waals surface area contributed by atoms with Crippen LogP contribution >= 0.6 is 12.6 Å². The second-order valence-electron chi connectivity index (χ2n) is 6.39. The molecule has 0 fully saturated rings. The lowest BCUT2D eigenvalue weighted by Crippen LogP contribution is -2.52. The Morgan fingerprint density at radius 3 is 2.54 bits per heavy atom. The molecule has 1 aromatic heterocycles. The molecule has 1 amide bonds. The topological polar surface area (TPSA) is 82.7 Å². The van der Waals surface area contributed by atoms with Crippen LogP contribution in [0, 0.1) is 0 Å². The number of para-hydroxylation sites is 1. The van der Waals surface area contributed by atoms with Crippen LogP contribution in [-0.4, -0.2) is 29.0 Å². The van der Waals surface area contributed by atoms with E-state index in [1.54, 1.807) is 25.3 Å². The fourth-order valence-electron chi connectivity index (χ4n) is 2.86. The van der Waals surface area contributed by atoms with Crippen molar-refractivity contribution in [2.75, 3.05) is 0 Å². The fourth-order valence-corrected chi connectivity index (χ4v) is 3.08. The number of nitrogens with one attached hydrogen (secondary N) is 1. The van der Waals surface area contributed by atoms with Crippen molar-refractivity contribution in [3.63, 3.8) is 0 Å². The van der Waals surface area contributed by atoms with Crippen molar-refractivity contribution in [1.82, 2.24) is 5.32 Å². The van der Waals surface area contributed by atoms with Gasteiger partial charge in [-0.1, -0.05) is 48.5 Å². The quantitative estimate of drug-likeness (QED) is 0.397. The van der Waals surface area contributed by atoms with Crippen LogP contribution in [0.4, 0.5) is 0 Å². The monoisotopic (exact) mass is 369 g/mol. The average molecular weight is 369 g/mol. The van der Waals surface area contributed by atoms with E-state index < -0.39 is 23.7 Å². The third kappa shape index (κ3) is 3.80. The molecule has 0 unspecified atom stereocenters. The highest BCUT2D eigenvalue weighted by molar-refractivity contribution is 7.82. The van der Waals surface area contributed by atoms with Crippen LogP contribution in [0.5, 0.6) is 0 Å². The summed E-state index contributed by atoms with van der Waals surface area (Å²) in [5.41, 5.74) is 2.23. The SMILES string of the molecule is C[C@@](S)(C(=O)N[C@@H](Cc1coc2ccccc12)B(O)O)c1ccccc1. The third-order valence-electron chi connectivity index (χ3n) is 4.46. The molecule has 0 aliphatic heterocycles. The van der Waals surface area contributed by atoms with Gasteiger partial charge in [-0.3, -0.25) is 4.79 Å². The zero-order valence-electron chi connectivity index (χ0n) is 14.3. The normalized spacial score (nSPS) is 14.6. The van der Waals surface area contributed by atoms with Gasteiger partial charge in [0.15, 0.2) is 0 Å². The molecule has 1 heterocycles. The summed E-state index contributed by atoms with van der Waals surface area (Å²) in [7, 11) is -1.72. The lowest BCUT2D eigenvalue weighted by atomic mass is 9.75. The first-order valence-electron chi connectivity index (χ1n) is 8.29. The molecule has 7 heteroatoms. The van der Waals surface area contributed by atoms with E-state index >= 15 is 0 Å². The summed E-state index contributed by atoms with van der Waals surface area (Å²) in [4.78, 5) is 12.7. The predicted molar refractivity (Wildman–Crippen MR) is 105 cm³/mol. The van der Waals surface area contributed by atoms with E-state index in [0.717, 1.165) is 16.5 Å². The first kappa shape index (κ1) is 18.6. The van der Waals surface area contributed by atoms with E-state index in [9.17, 15) is 14.8 Å². The van der Waals surface area contributed by atoms with Gasteiger partial charge in [-0.05, 0) is 30.5 Å². The van der Waals surface area contributed by atoms with Crippen LogP contribution in [-0.2, 0) is 16.0 Å². The number of hydrogen-bond donors (Lipinski definition) is 4. The molecule has 0 spiro atoms. The van der Waals surface area contributed by atoms with Crippen molar-refractivity contribution in [1.29, 1.82) is 0 Å². The number of benzene rings is 2. The Morgan fingerprint density at radius 1 is 1.19 bits per heavy atom. The Labute approximate surface area is 157 Å². The summed E-state index contributed by atoms with van der Waals surface area (Å²) in [6.45, 7) is 1.68. The Hall–Kier alpha value is -2.22. The van der Waals surface area contributed by atoms with Crippen LogP contribution in [0.2, 0.25) is 0 Å². The van der Waals surface area contributed by atoms with Crippen molar-refractivity contribution in [2.45, 2.75) is 24.0 Å². The van der Waals surface area contributed by atoms with Gasteiger partial charge in [0.05, 0.1) is 12.2 Å². The number of rotatable bonds is 6. The molecule has 3 rings (SSSR count). The van der Waals surface area contributed by atoms with Crippen LogP contribution in [0.15, 0.2) is 65.3 Å². The van der Waals surface area contributed by atoms with Gasteiger partial charge in [-0.15, -0.1) is 0 Å². The number of carbonyl (C=O) groups excluding carboxylic acids is 1. The highest BCUT2D eigenvalue weighted by Crippen LogP contribution is 2.28. The predicted octanol–water partition coefficient (Wildman–Crippen LogP) is 2.32. The maximum atomic E-state index is 12.7. The van der Waals surface area contributed by atoms with Gasteiger partial charge < -0.3 is 19.8 Å². The standard InChI is InChI=1S/C19H20BNO4S/c1-19(26,14-7-3-2-4-8-14)18(22)21-17(20(23)24)11-13-12-25-16-10-6-5-9-15(13)16/h2-10,12,17,23-24,26H,11H2,1H3,(H,21,22)/t17-,19-/m0/s1. The van der Waals surface area contributed by atoms with Crippen LogP contribution in [0.3, 0.4) is 0 Å². The van der Waals surface area contributed by atoms with Crippen LogP contribution in [0.1, 0.15) is 18.1 Å². The molecule has 0 bridgehead atoms. The first-order valence-corrected chi connectivity index (χ1v) is 8.74. The van der Waals surface area contributed by atoms with Gasteiger partial charge >= 0.3 is 7.12 Å². The van der Waals surface area contributed by atoms with Gasteiger partial charge in [0.25, 0.3) is 0 Å². The van der Waals surface area contributed by atoms with E-state index in [1.807, 2.05) is 42.5 Å². The second kappa shape index (κ2) is 7.57. The van der Waals surface area contributed by atoms with E-state index in [2.05, 4.69) is 17.9 Å². The summed E-state index contributed by atoms with van der Waals surface area (Å²) in [5, 5.41) is 23.1. The molecule has 134 valence electrons. The minimum absolute atomic E-state index is 0.221. The Balaban J connectivity index is 1.79. The molecule has 2 atom stereocenters. The fraction of sp³-hybridized carbons (Fsp3) is 0.211. The average Bonchev–Trinajstić information content (AvgIpc) is 3.04. The minimum atomic E-state index is -1.72. The molecule has 5 nitrogen and oxygen atoms in total. The smallest absolute Gasteiger partial charge is 0.464 e. The van der Waals surface area contributed by atoms with Crippen LogP contribution < -0.4 is 5.32 Å². The molecule has 26 heavy (non-hydrogen) atoms. The number of amides is 1. The lowest BCUT2D eigenvalue weighted by molar-refractivity contribution is -0.123. The molecule has 2 aromatic carbocycles. The van der Waals surface area contributed by atoms with Gasteiger partial charge in [0.1, 0.15) is 10.3 Å². The number of thiol groups is 1. The zero-order chi connectivity index (χ0) is 18.7. The second-order valence-corrected chi connectivity index (χ2v) is 7.29. The Kier molecular flexibility index (Phi) is 5.41. The maximum absolute atomic E-state index is 12.7. The van der Waals surface area contributed by atoms with Crippen molar-refractivity contribution in [3.8, 4) is 0 Å². The Morgan fingerprint density at radius 2 is 1.85 bits per heavy atom. The van der Waals surface area contributed by atoms with Crippen molar-refractivity contribution >= 4 is 36.6 Å². The molecular weight excluding hydrogens is 349 g/mol. The molecule has 3 aromatic rings. The van der Waals surface area contributed by atoms with Crippen molar-refractivity contribution < 1.29 is 19.3 Å².